The lowest BCUT2D eigenvalue weighted by atomic mass is 9.53. The smallest absolute Gasteiger partial charge is 0.507 e. The van der Waals surface area contributed by atoms with Crippen LogP contribution in [-0.2, 0) is 27.3 Å². The summed E-state index contributed by atoms with van der Waals surface area (Å²) in [7, 11) is 0. The molecule has 2 aliphatic heterocycles. The lowest BCUT2D eigenvalue weighted by molar-refractivity contribution is -0.275. The lowest BCUT2D eigenvalue weighted by Crippen LogP contribution is -2.73. The van der Waals surface area contributed by atoms with Crippen molar-refractivity contribution in [1.29, 1.82) is 5.41 Å². The van der Waals surface area contributed by atoms with Crippen LogP contribution in [0, 0.1) is 23.2 Å². The molecule has 1 spiro atoms. The number of carbonyl (C=O) groups is 4. The first-order valence-corrected chi connectivity index (χ1v) is 13.5. The number of phenolic OH excluding ortho intramolecular Hbond substituents is 1. The minimum atomic E-state index is -5.11. The van der Waals surface area contributed by atoms with Crippen LogP contribution < -0.4 is 10.5 Å². The average molecular weight is 579 g/mol. The lowest BCUT2D eigenvalue weighted by Gasteiger charge is -2.50. The molecular formula is C27H29F3N4O7. The van der Waals surface area contributed by atoms with Gasteiger partial charge < -0.3 is 26.1 Å². The Labute approximate surface area is 231 Å². The van der Waals surface area contributed by atoms with Crippen LogP contribution in [-0.4, -0.2) is 92.2 Å². The van der Waals surface area contributed by atoms with Crippen LogP contribution in [0.4, 0.5) is 13.2 Å². The Bertz CT molecular complexity index is 1420. The fourth-order valence-corrected chi connectivity index (χ4v) is 8.07. The molecule has 6 rings (SSSR count). The number of primary amides is 1. The van der Waals surface area contributed by atoms with Gasteiger partial charge in [-0.15, -0.1) is 13.2 Å². The Kier molecular flexibility index (Phi) is 5.98. The number of nitrogens with one attached hydrogen (secondary N) is 1. The van der Waals surface area contributed by atoms with Gasteiger partial charge >= 0.3 is 6.36 Å². The zero-order valence-electron chi connectivity index (χ0n) is 22.1. The van der Waals surface area contributed by atoms with E-state index in [4.69, 9.17) is 11.1 Å². The van der Waals surface area contributed by atoms with Crippen LogP contribution in [0.2, 0.25) is 0 Å². The molecule has 220 valence electrons. The van der Waals surface area contributed by atoms with Crippen molar-refractivity contribution in [2.24, 2.45) is 23.5 Å². The SMILES string of the molecule is CCN1C2C(=O)C(C(N)=O)C(=N)C3(O)C(=O)C4C(=O)c5c(O)cc(CN6CCCC6)c(OC(F)(F)F)c5CC4CC213. The summed E-state index contributed by atoms with van der Waals surface area (Å²) in [6.45, 7) is 3.13. The molecule has 14 heteroatoms. The van der Waals surface area contributed by atoms with Crippen molar-refractivity contribution in [2.45, 2.75) is 62.7 Å². The van der Waals surface area contributed by atoms with Crippen molar-refractivity contribution < 1.29 is 47.3 Å². The molecule has 2 saturated heterocycles. The number of hydrogen-bond acceptors (Lipinski definition) is 10. The predicted octanol–water partition coefficient (Wildman–Crippen LogP) is 0.709. The molecule has 2 saturated carbocycles. The highest BCUT2D eigenvalue weighted by atomic mass is 19.4. The second-order valence-corrected chi connectivity index (χ2v) is 11.6. The number of hydrogen-bond donors (Lipinski definition) is 4. The van der Waals surface area contributed by atoms with Crippen molar-refractivity contribution in [1.82, 2.24) is 9.80 Å². The molecule has 5 aliphatic rings. The van der Waals surface area contributed by atoms with Crippen molar-refractivity contribution >= 4 is 29.0 Å². The highest BCUT2D eigenvalue weighted by molar-refractivity contribution is 6.35. The number of halogens is 3. The third-order valence-electron chi connectivity index (χ3n) is 9.62. The van der Waals surface area contributed by atoms with Crippen LogP contribution >= 0.6 is 0 Å². The van der Waals surface area contributed by atoms with E-state index in [2.05, 4.69) is 4.74 Å². The highest BCUT2D eigenvalue weighted by Gasteiger charge is 2.85. The Morgan fingerprint density at radius 1 is 1.24 bits per heavy atom. The number of Topliss-reactive ketones (excluding diaryl/α,β-unsaturated/α-hetero) is 3. The number of aliphatic hydroxyl groups is 1. The summed E-state index contributed by atoms with van der Waals surface area (Å²) in [5, 5.41) is 31.4. The first-order valence-electron chi connectivity index (χ1n) is 13.5. The first kappa shape index (κ1) is 27.8. The molecule has 7 unspecified atom stereocenters. The summed E-state index contributed by atoms with van der Waals surface area (Å²) in [5.74, 6) is -9.78. The van der Waals surface area contributed by atoms with Crippen LogP contribution in [0.1, 0.15) is 47.7 Å². The number of benzene rings is 1. The summed E-state index contributed by atoms with van der Waals surface area (Å²) in [5.41, 5.74) is -0.532. The molecule has 1 aromatic carbocycles. The summed E-state index contributed by atoms with van der Waals surface area (Å²) in [6, 6.07) is -0.0913. The van der Waals surface area contributed by atoms with E-state index in [0.29, 0.717) is 13.1 Å². The molecular weight excluding hydrogens is 549 g/mol. The monoisotopic (exact) mass is 578 g/mol. The van der Waals surface area contributed by atoms with E-state index in [0.717, 1.165) is 18.9 Å². The number of nitrogens with zero attached hydrogens (tertiary/aromatic N) is 2. The van der Waals surface area contributed by atoms with Crippen molar-refractivity contribution in [3.05, 3.63) is 22.8 Å². The van der Waals surface area contributed by atoms with Crippen LogP contribution in [0.5, 0.6) is 11.5 Å². The maximum absolute atomic E-state index is 14.0. The van der Waals surface area contributed by atoms with Crippen LogP contribution in [0.3, 0.4) is 0 Å². The predicted molar refractivity (Wildman–Crippen MR) is 133 cm³/mol. The topological polar surface area (TPSA) is 174 Å². The zero-order valence-corrected chi connectivity index (χ0v) is 22.1. The Morgan fingerprint density at radius 2 is 1.90 bits per heavy atom. The first-order chi connectivity index (χ1) is 19.2. The normalized spacial score (nSPS) is 36.4. The number of carbonyl (C=O) groups excluding carboxylic acids is 4. The van der Waals surface area contributed by atoms with Gasteiger partial charge in [-0.05, 0) is 57.3 Å². The Morgan fingerprint density at radius 3 is 2.49 bits per heavy atom. The number of nitrogens with two attached hydrogens (primary N) is 1. The number of ether oxygens (including phenoxy) is 1. The number of alkyl halides is 3. The van der Waals surface area contributed by atoms with E-state index in [1.807, 2.05) is 4.90 Å². The quantitative estimate of drug-likeness (QED) is 0.290. The zero-order chi connectivity index (χ0) is 29.8. The summed E-state index contributed by atoms with van der Waals surface area (Å²) in [6.07, 6.45) is -3.86. The van der Waals surface area contributed by atoms with Gasteiger partial charge in [0, 0.05) is 17.7 Å². The summed E-state index contributed by atoms with van der Waals surface area (Å²) in [4.78, 5) is 56.6. The third kappa shape index (κ3) is 3.59. The fourth-order valence-electron chi connectivity index (χ4n) is 8.07. The van der Waals surface area contributed by atoms with Crippen molar-refractivity contribution in [2.75, 3.05) is 19.6 Å². The molecule has 0 aromatic heterocycles. The number of aromatic hydroxyl groups is 1. The van der Waals surface area contributed by atoms with E-state index in [1.54, 1.807) is 6.92 Å². The summed E-state index contributed by atoms with van der Waals surface area (Å²) >= 11 is 0. The van der Waals surface area contributed by atoms with E-state index in [1.165, 1.54) is 4.90 Å². The molecule has 1 aromatic rings. The molecule has 7 atom stereocenters. The molecule has 1 amide bonds. The van der Waals surface area contributed by atoms with Gasteiger partial charge in [-0.1, -0.05) is 6.92 Å². The van der Waals surface area contributed by atoms with Crippen molar-refractivity contribution in [3.8, 4) is 11.5 Å². The fraction of sp³-hybridized carbons (Fsp3) is 0.593. The number of phenols is 1. The van der Waals surface area contributed by atoms with E-state index < -0.39 is 87.3 Å². The van der Waals surface area contributed by atoms with Crippen LogP contribution in [0.25, 0.3) is 0 Å². The number of likely N-dealkylation sites (N-methyl/N-ethyl adjacent to an activating group) is 1. The molecule has 0 bridgehead atoms. The molecule has 3 aliphatic carbocycles. The summed E-state index contributed by atoms with van der Waals surface area (Å²) < 4.78 is 45.4. The number of ketones is 3. The molecule has 41 heavy (non-hydrogen) atoms. The van der Waals surface area contributed by atoms with Gasteiger partial charge in [0.2, 0.25) is 5.91 Å². The van der Waals surface area contributed by atoms with E-state index in [9.17, 15) is 42.6 Å². The van der Waals surface area contributed by atoms with Gasteiger partial charge in [0.1, 0.15) is 17.4 Å². The van der Waals surface area contributed by atoms with E-state index in [-0.39, 0.29) is 37.1 Å². The second-order valence-electron chi connectivity index (χ2n) is 11.6. The van der Waals surface area contributed by atoms with Crippen molar-refractivity contribution in [3.63, 3.8) is 0 Å². The number of rotatable bonds is 5. The van der Waals surface area contributed by atoms with Gasteiger partial charge in [0.25, 0.3) is 0 Å². The molecule has 0 radical (unpaired) electrons. The Hall–Kier alpha value is -3.36. The molecule has 4 fully saturated rings. The maximum atomic E-state index is 14.0. The standard InChI is InChI=1S/C27H29F3N4O7/c1-2-34-22-19(37)17(24(32)39)21(31)26(40)23(38)15-11(9-25(22,26)34)7-13-16(18(15)36)14(35)8-12(10-33-5-3-4-6-33)20(13)41-27(28,29)30/h8,11,15,17,22,31,35,40H,2-7,9-10H2,1H3,(H2,32,39). The molecule has 5 N–H and O–H groups in total. The number of fused-ring (bicyclic) bond motifs is 2. The van der Waals surface area contributed by atoms with Gasteiger partial charge in [0.05, 0.1) is 28.8 Å². The second kappa shape index (κ2) is 8.82. The highest BCUT2D eigenvalue weighted by Crippen LogP contribution is 2.63. The largest absolute Gasteiger partial charge is 0.573 e. The Balaban J connectivity index is 1.48. The van der Waals surface area contributed by atoms with Crippen LogP contribution in [0.15, 0.2) is 6.07 Å². The van der Waals surface area contributed by atoms with Gasteiger partial charge in [-0.3, -0.25) is 29.0 Å². The maximum Gasteiger partial charge on any atom is 0.573 e. The average Bonchev–Trinajstić information content (AvgIpc) is 3.23. The van der Waals surface area contributed by atoms with Gasteiger partial charge in [-0.2, -0.15) is 0 Å². The van der Waals surface area contributed by atoms with Gasteiger partial charge in [0.15, 0.2) is 23.0 Å². The van der Waals surface area contributed by atoms with E-state index >= 15 is 0 Å². The molecule has 2 heterocycles. The minimum absolute atomic E-state index is 0.0435. The minimum Gasteiger partial charge on any atom is -0.507 e. The number of amides is 1. The van der Waals surface area contributed by atoms with Gasteiger partial charge in [-0.25, -0.2) is 0 Å². The number of likely N-dealkylation sites (tertiary alicyclic amines) is 2. The third-order valence-corrected chi connectivity index (χ3v) is 9.62. The molecule has 11 nitrogen and oxygen atoms in total.